The van der Waals surface area contributed by atoms with Gasteiger partial charge in [-0.3, -0.25) is 4.79 Å². The predicted octanol–water partition coefficient (Wildman–Crippen LogP) is 4.67. The van der Waals surface area contributed by atoms with Crippen LogP contribution in [0.5, 0.6) is 5.75 Å². The van der Waals surface area contributed by atoms with Crippen molar-refractivity contribution in [3.05, 3.63) is 29.8 Å². The van der Waals surface area contributed by atoms with E-state index < -0.39 is 6.29 Å². The maximum Gasteiger partial charge on any atom is 0.302 e. The summed E-state index contributed by atoms with van der Waals surface area (Å²) in [5, 5.41) is 0. The molecule has 0 saturated heterocycles. The summed E-state index contributed by atoms with van der Waals surface area (Å²) < 4.78 is 17.4. The third kappa shape index (κ3) is 4.75. The molecule has 138 valence electrons. The van der Waals surface area contributed by atoms with Crippen LogP contribution in [0.1, 0.15) is 64.4 Å². The van der Waals surface area contributed by atoms with Crippen molar-refractivity contribution < 1.29 is 19.0 Å². The number of carbonyl (C=O) groups is 1. The number of ether oxygens (including phenoxy) is 3. The van der Waals surface area contributed by atoms with E-state index in [2.05, 4.69) is 26.0 Å². The lowest BCUT2D eigenvalue weighted by Crippen LogP contribution is -2.34. The number of rotatable bonds is 8. The minimum Gasteiger partial charge on any atom is -0.461 e. The fraction of sp³-hybridized carbons (Fsp3) is 0.667. The Morgan fingerprint density at radius 1 is 1.20 bits per heavy atom. The van der Waals surface area contributed by atoms with Crippen molar-refractivity contribution in [2.75, 3.05) is 6.61 Å². The Hall–Kier alpha value is -1.55. The van der Waals surface area contributed by atoms with Gasteiger partial charge >= 0.3 is 5.97 Å². The highest BCUT2D eigenvalue weighted by atomic mass is 16.7. The smallest absolute Gasteiger partial charge is 0.302 e. The zero-order chi connectivity index (χ0) is 17.8. The van der Waals surface area contributed by atoms with Gasteiger partial charge in [0.05, 0.1) is 6.10 Å². The average molecular weight is 346 g/mol. The van der Waals surface area contributed by atoms with E-state index in [1.807, 2.05) is 12.1 Å². The molecule has 4 nitrogen and oxygen atoms in total. The normalized spacial score (nSPS) is 27.1. The lowest BCUT2D eigenvalue weighted by Gasteiger charge is -2.28. The molecule has 1 aromatic carbocycles. The number of esters is 1. The predicted molar refractivity (Wildman–Crippen MR) is 96.5 cm³/mol. The summed E-state index contributed by atoms with van der Waals surface area (Å²) in [5.41, 5.74) is 1.31. The van der Waals surface area contributed by atoms with Gasteiger partial charge in [0.15, 0.2) is 6.61 Å². The van der Waals surface area contributed by atoms with Crippen LogP contribution in [0.25, 0.3) is 0 Å². The van der Waals surface area contributed by atoms with E-state index in [-0.39, 0.29) is 18.7 Å². The fourth-order valence-corrected chi connectivity index (χ4v) is 4.10. The topological polar surface area (TPSA) is 44.8 Å². The standard InChI is InChI=1S/C21H30O4/c1-4-14(2)17-7-9-19(10-8-17)24-21(13-23-15(3)22)25-20-12-16-5-6-18(20)11-16/h7-10,14,16,18,20-21H,4-6,11-13H2,1-3H3. The molecule has 0 aliphatic heterocycles. The van der Waals surface area contributed by atoms with Crippen LogP contribution in [0.3, 0.4) is 0 Å². The molecule has 2 aliphatic carbocycles. The second kappa shape index (κ2) is 8.22. The Balaban J connectivity index is 1.61. The van der Waals surface area contributed by atoms with Crippen LogP contribution in [-0.2, 0) is 14.3 Å². The Kier molecular flexibility index (Phi) is 6.00. The zero-order valence-corrected chi connectivity index (χ0v) is 15.6. The van der Waals surface area contributed by atoms with Gasteiger partial charge in [0.2, 0.25) is 6.29 Å². The van der Waals surface area contributed by atoms with Crippen LogP contribution in [0.4, 0.5) is 0 Å². The van der Waals surface area contributed by atoms with E-state index in [9.17, 15) is 4.79 Å². The number of carbonyl (C=O) groups excluding carboxylic acids is 1. The van der Waals surface area contributed by atoms with Crippen LogP contribution < -0.4 is 4.74 Å². The third-order valence-corrected chi connectivity index (χ3v) is 5.75. The summed E-state index contributed by atoms with van der Waals surface area (Å²) in [4.78, 5) is 11.2. The maximum absolute atomic E-state index is 11.2. The molecule has 25 heavy (non-hydrogen) atoms. The molecule has 0 aromatic heterocycles. The van der Waals surface area contributed by atoms with Crippen LogP contribution in [0.2, 0.25) is 0 Å². The van der Waals surface area contributed by atoms with Crippen LogP contribution in [0, 0.1) is 11.8 Å². The zero-order valence-electron chi connectivity index (χ0n) is 15.6. The largest absolute Gasteiger partial charge is 0.461 e. The van der Waals surface area contributed by atoms with Gasteiger partial charge in [0.1, 0.15) is 5.75 Å². The molecule has 3 rings (SSSR count). The molecule has 2 bridgehead atoms. The Morgan fingerprint density at radius 3 is 2.52 bits per heavy atom. The summed E-state index contributed by atoms with van der Waals surface area (Å²) in [7, 11) is 0. The molecule has 0 spiro atoms. The lowest BCUT2D eigenvalue weighted by molar-refractivity contribution is -0.174. The molecular weight excluding hydrogens is 316 g/mol. The highest BCUT2D eigenvalue weighted by molar-refractivity contribution is 5.65. The maximum atomic E-state index is 11.2. The van der Waals surface area contributed by atoms with Gasteiger partial charge in [0, 0.05) is 6.92 Å². The second-order valence-corrected chi connectivity index (χ2v) is 7.58. The van der Waals surface area contributed by atoms with Crippen molar-refractivity contribution in [1.82, 2.24) is 0 Å². The molecule has 4 heteroatoms. The Bertz CT molecular complexity index is 568. The second-order valence-electron chi connectivity index (χ2n) is 7.58. The lowest BCUT2D eigenvalue weighted by atomic mass is 9.98. The summed E-state index contributed by atoms with van der Waals surface area (Å²) in [6.45, 7) is 5.96. The Labute approximate surface area is 150 Å². The van der Waals surface area contributed by atoms with Crippen molar-refractivity contribution in [2.24, 2.45) is 11.8 Å². The van der Waals surface area contributed by atoms with Crippen molar-refractivity contribution >= 4 is 5.97 Å². The number of benzene rings is 1. The molecule has 0 amide bonds. The fourth-order valence-electron chi connectivity index (χ4n) is 4.10. The number of hydrogen-bond acceptors (Lipinski definition) is 4. The SMILES string of the molecule is CCC(C)c1ccc(OC(COC(C)=O)OC2CC3CCC2C3)cc1. The van der Waals surface area contributed by atoms with Crippen LogP contribution in [0.15, 0.2) is 24.3 Å². The number of fused-ring (bicyclic) bond motifs is 2. The van der Waals surface area contributed by atoms with Gasteiger partial charge in [-0.15, -0.1) is 0 Å². The van der Waals surface area contributed by atoms with Gasteiger partial charge in [-0.2, -0.15) is 0 Å². The molecule has 1 aromatic rings. The van der Waals surface area contributed by atoms with E-state index >= 15 is 0 Å². The first-order valence-electron chi connectivity index (χ1n) is 9.60. The molecule has 2 saturated carbocycles. The molecule has 5 unspecified atom stereocenters. The summed E-state index contributed by atoms with van der Waals surface area (Å²) >= 11 is 0. The van der Waals surface area contributed by atoms with Crippen molar-refractivity contribution in [1.29, 1.82) is 0 Å². The monoisotopic (exact) mass is 346 g/mol. The van der Waals surface area contributed by atoms with E-state index in [1.54, 1.807) is 0 Å². The minimum atomic E-state index is -0.539. The summed E-state index contributed by atoms with van der Waals surface area (Å²) in [6.07, 6.45) is 5.77. The van der Waals surface area contributed by atoms with Crippen LogP contribution >= 0.6 is 0 Å². The van der Waals surface area contributed by atoms with Crippen LogP contribution in [-0.4, -0.2) is 25.0 Å². The van der Waals surface area contributed by atoms with Crippen molar-refractivity contribution in [3.63, 3.8) is 0 Å². The molecule has 0 heterocycles. The summed E-state index contributed by atoms with van der Waals surface area (Å²) in [6, 6.07) is 8.16. The van der Waals surface area contributed by atoms with Gasteiger partial charge in [-0.05, 0) is 67.6 Å². The molecular formula is C21H30O4. The first kappa shape index (κ1) is 18.2. The average Bonchev–Trinajstić information content (AvgIpc) is 3.22. The van der Waals surface area contributed by atoms with Crippen molar-refractivity contribution in [2.45, 2.75) is 71.2 Å². The quantitative estimate of drug-likeness (QED) is 0.507. The van der Waals surface area contributed by atoms with Gasteiger partial charge in [0.25, 0.3) is 0 Å². The molecule has 2 aliphatic rings. The molecule has 5 atom stereocenters. The highest BCUT2D eigenvalue weighted by Gasteiger charge is 2.41. The van der Waals surface area contributed by atoms with Crippen molar-refractivity contribution in [3.8, 4) is 5.75 Å². The first-order chi connectivity index (χ1) is 12.0. The molecule has 0 N–H and O–H groups in total. The van der Waals surface area contributed by atoms with Gasteiger partial charge in [-0.25, -0.2) is 0 Å². The van der Waals surface area contributed by atoms with Gasteiger partial charge < -0.3 is 14.2 Å². The third-order valence-electron chi connectivity index (χ3n) is 5.75. The highest BCUT2D eigenvalue weighted by Crippen LogP contribution is 2.46. The summed E-state index contributed by atoms with van der Waals surface area (Å²) in [5.74, 6) is 2.43. The Morgan fingerprint density at radius 2 is 1.96 bits per heavy atom. The van der Waals surface area contributed by atoms with E-state index in [0.29, 0.717) is 11.8 Å². The number of hydrogen-bond donors (Lipinski definition) is 0. The molecule has 0 radical (unpaired) electrons. The molecule has 2 fully saturated rings. The van der Waals surface area contributed by atoms with Gasteiger partial charge in [-0.1, -0.05) is 26.0 Å². The van der Waals surface area contributed by atoms with E-state index in [0.717, 1.165) is 24.5 Å². The van der Waals surface area contributed by atoms with E-state index in [1.165, 1.54) is 31.7 Å². The first-order valence-corrected chi connectivity index (χ1v) is 9.60. The van der Waals surface area contributed by atoms with E-state index in [4.69, 9.17) is 14.2 Å². The minimum absolute atomic E-state index is 0.135.